The molecule has 0 atom stereocenters. The third kappa shape index (κ3) is 4.62. The Balaban J connectivity index is 1.18. The molecule has 0 saturated carbocycles. The highest BCUT2D eigenvalue weighted by Gasteiger charge is 2.35. The van der Waals surface area contributed by atoms with Gasteiger partial charge >= 0.3 is 0 Å². The lowest BCUT2D eigenvalue weighted by atomic mass is 9.82. The Hall–Kier alpha value is -5.92. The summed E-state index contributed by atoms with van der Waals surface area (Å²) in [6, 6.07) is 62.0. The fourth-order valence-corrected chi connectivity index (χ4v) is 7.65. The molecule has 1 heterocycles. The van der Waals surface area contributed by atoms with E-state index in [4.69, 9.17) is 0 Å². The van der Waals surface area contributed by atoms with Gasteiger partial charge < -0.3 is 4.57 Å². The van der Waals surface area contributed by atoms with Gasteiger partial charge in [-0.1, -0.05) is 159 Å². The van der Waals surface area contributed by atoms with E-state index >= 15 is 0 Å². The van der Waals surface area contributed by atoms with Crippen LogP contribution in [0.1, 0.15) is 25.0 Å². The van der Waals surface area contributed by atoms with Crippen LogP contribution in [0.15, 0.2) is 176 Å². The molecule has 9 rings (SSSR count). The largest absolute Gasteiger partial charge is 0.316 e. The lowest BCUT2D eigenvalue weighted by Gasteiger charge is -2.22. The number of hydrogen-bond donors (Lipinski definition) is 0. The van der Waals surface area contributed by atoms with Crippen molar-refractivity contribution < 1.29 is 0 Å². The van der Waals surface area contributed by atoms with Crippen molar-refractivity contribution in [2.45, 2.75) is 19.3 Å². The quantitative estimate of drug-likeness (QED) is 0.182. The van der Waals surface area contributed by atoms with E-state index in [1.807, 2.05) is 0 Å². The summed E-state index contributed by atoms with van der Waals surface area (Å²) in [5.74, 6) is 0. The monoisotopic (exact) mass is 613 g/mol. The summed E-state index contributed by atoms with van der Waals surface area (Å²) in [5, 5.41) is 1.25. The van der Waals surface area contributed by atoms with Crippen LogP contribution < -0.4 is 0 Å². The number of benzene rings is 7. The van der Waals surface area contributed by atoms with Gasteiger partial charge in [0.1, 0.15) is 0 Å². The molecule has 1 aliphatic carbocycles. The van der Waals surface area contributed by atoms with Crippen LogP contribution in [-0.2, 0) is 5.41 Å². The molecule has 7 aromatic carbocycles. The summed E-state index contributed by atoms with van der Waals surface area (Å²) in [5.41, 5.74) is 17.6. The summed E-state index contributed by atoms with van der Waals surface area (Å²) >= 11 is 0. The van der Waals surface area contributed by atoms with Crippen molar-refractivity contribution in [1.82, 2.24) is 4.57 Å². The Bertz CT molecular complexity index is 2430. The summed E-state index contributed by atoms with van der Waals surface area (Å²) in [6.45, 7) is 4.70. The van der Waals surface area contributed by atoms with Crippen LogP contribution in [0.2, 0.25) is 0 Å². The van der Waals surface area contributed by atoms with Crippen LogP contribution in [0.25, 0.3) is 72.2 Å². The van der Waals surface area contributed by atoms with Crippen molar-refractivity contribution in [3.63, 3.8) is 0 Å². The molecule has 228 valence electrons. The number of rotatable bonds is 5. The van der Waals surface area contributed by atoms with Crippen LogP contribution in [0.3, 0.4) is 0 Å². The molecule has 0 aliphatic heterocycles. The van der Waals surface area contributed by atoms with Gasteiger partial charge in [0.05, 0.1) is 5.52 Å². The maximum Gasteiger partial charge on any atom is 0.0535 e. The molecule has 0 N–H and O–H groups in total. The fraction of sp³-hybridized carbons (Fsp3) is 0.0638. The van der Waals surface area contributed by atoms with E-state index in [9.17, 15) is 0 Å². The average Bonchev–Trinajstić information content (AvgIpc) is 3.64. The SMILES string of the molecule is CC1(C)c2ccccc2-c2ccc(-n3cc(-c4ccc(-c5ccccc5)cc4)c4cc(-c5ccc(-c6ccccc6)cc5)ccc43)cc21. The molecule has 1 aromatic heterocycles. The maximum absolute atomic E-state index is 2.41. The molecule has 0 fully saturated rings. The number of aromatic nitrogens is 1. The summed E-state index contributed by atoms with van der Waals surface area (Å²) in [7, 11) is 0. The lowest BCUT2D eigenvalue weighted by Crippen LogP contribution is -2.15. The highest BCUT2D eigenvalue weighted by molar-refractivity contribution is 6.00. The van der Waals surface area contributed by atoms with Crippen molar-refractivity contribution in [2.24, 2.45) is 0 Å². The van der Waals surface area contributed by atoms with Crippen LogP contribution in [-0.4, -0.2) is 4.57 Å². The molecule has 0 spiro atoms. The fourth-order valence-electron chi connectivity index (χ4n) is 7.65. The average molecular weight is 614 g/mol. The highest BCUT2D eigenvalue weighted by atomic mass is 15.0. The van der Waals surface area contributed by atoms with Gasteiger partial charge in [0.2, 0.25) is 0 Å². The van der Waals surface area contributed by atoms with Gasteiger partial charge in [0.25, 0.3) is 0 Å². The van der Waals surface area contributed by atoms with E-state index in [2.05, 4.69) is 194 Å². The molecule has 1 heteroatoms. The Kier molecular flexibility index (Phi) is 6.55. The second kappa shape index (κ2) is 11.1. The Morgan fingerprint density at radius 1 is 0.375 bits per heavy atom. The van der Waals surface area contributed by atoms with Crippen LogP contribution in [0.5, 0.6) is 0 Å². The molecule has 8 aromatic rings. The Morgan fingerprint density at radius 2 is 0.875 bits per heavy atom. The molecule has 0 unspecified atom stereocenters. The zero-order chi connectivity index (χ0) is 32.2. The summed E-state index contributed by atoms with van der Waals surface area (Å²) in [4.78, 5) is 0. The first kappa shape index (κ1) is 28.3. The second-order valence-electron chi connectivity index (χ2n) is 13.4. The predicted octanol–water partition coefficient (Wildman–Crippen LogP) is 12.6. The first-order chi connectivity index (χ1) is 23.5. The zero-order valence-corrected chi connectivity index (χ0v) is 27.2. The molecule has 0 bridgehead atoms. The minimum Gasteiger partial charge on any atom is -0.316 e. The van der Waals surface area contributed by atoms with Crippen molar-refractivity contribution in [3.05, 3.63) is 187 Å². The number of nitrogens with zero attached hydrogens (tertiary/aromatic N) is 1. The maximum atomic E-state index is 2.41. The molecule has 1 nitrogen and oxygen atoms in total. The third-order valence-electron chi connectivity index (χ3n) is 10.3. The van der Waals surface area contributed by atoms with Gasteiger partial charge in [0.15, 0.2) is 0 Å². The van der Waals surface area contributed by atoms with Gasteiger partial charge in [0, 0.05) is 28.2 Å². The molecular weight excluding hydrogens is 579 g/mol. The van der Waals surface area contributed by atoms with Gasteiger partial charge in [-0.15, -0.1) is 0 Å². The standard InChI is InChI=1S/C47H35N/c1-47(2)44-16-10-9-15-40(44)41-27-26-39(30-45(41)47)48-31-43(37-23-21-35(22-24-37)33-13-7-4-8-14-33)42-29-38(25-28-46(42)48)36-19-17-34(18-20-36)32-11-5-3-6-12-32/h3-31H,1-2H3. The van der Waals surface area contributed by atoms with E-state index < -0.39 is 0 Å². The van der Waals surface area contributed by atoms with Gasteiger partial charge in [-0.05, 0) is 85.5 Å². The first-order valence-electron chi connectivity index (χ1n) is 16.8. The minimum absolute atomic E-state index is 0.0555. The van der Waals surface area contributed by atoms with E-state index in [1.165, 1.54) is 83.4 Å². The molecule has 48 heavy (non-hydrogen) atoms. The van der Waals surface area contributed by atoms with Gasteiger partial charge in [-0.25, -0.2) is 0 Å². The first-order valence-corrected chi connectivity index (χ1v) is 16.8. The van der Waals surface area contributed by atoms with E-state index in [1.54, 1.807) is 0 Å². The summed E-state index contributed by atoms with van der Waals surface area (Å²) < 4.78 is 2.39. The van der Waals surface area contributed by atoms with E-state index in [-0.39, 0.29) is 5.41 Å². The zero-order valence-electron chi connectivity index (χ0n) is 27.2. The highest BCUT2D eigenvalue weighted by Crippen LogP contribution is 2.49. The van der Waals surface area contributed by atoms with Crippen molar-refractivity contribution in [2.75, 3.05) is 0 Å². The smallest absolute Gasteiger partial charge is 0.0535 e. The molecule has 1 aliphatic rings. The molecule has 0 radical (unpaired) electrons. The van der Waals surface area contributed by atoms with Crippen molar-refractivity contribution in [1.29, 1.82) is 0 Å². The van der Waals surface area contributed by atoms with E-state index in [0.29, 0.717) is 0 Å². The van der Waals surface area contributed by atoms with Crippen LogP contribution in [0, 0.1) is 0 Å². The minimum atomic E-state index is -0.0555. The van der Waals surface area contributed by atoms with E-state index in [0.717, 1.165) is 0 Å². The van der Waals surface area contributed by atoms with Crippen molar-refractivity contribution >= 4 is 10.9 Å². The van der Waals surface area contributed by atoms with Crippen LogP contribution in [0.4, 0.5) is 0 Å². The van der Waals surface area contributed by atoms with Gasteiger partial charge in [-0.2, -0.15) is 0 Å². The predicted molar refractivity (Wildman–Crippen MR) is 203 cm³/mol. The van der Waals surface area contributed by atoms with Crippen molar-refractivity contribution in [3.8, 4) is 61.3 Å². The topological polar surface area (TPSA) is 4.93 Å². The molecule has 0 saturated heterocycles. The second-order valence-corrected chi connectivity index (χ2v) is 13.4. The molecule has 0 amide bonds. The lowest BCUT2D eigenvalue weighted by molar-refractivity contribution is 0.660. The normalized spacial score (nSPS) is 13.0. The molecular formula is C47H35N. The number of hydrogen-bond acceptors (Lipinski definition) is 0. The Labute approximate surface area is 282 Å². The Morgan fingerprint density at radius 3 is 1.52 bits per heavy atom. The summed E-state index contributed by atoms with van der Waals surface area (Å²) in [6.07, 6.45) is 2.33. The number of fused-ring (bicyclic) bond motifs is 4. The van der Waals surface area contributed by atoms with Crippen LogP contribution >= 0.6 is 0 Å². The van der Waals surface area contributed by atoms with Gasteiger partial charge in [-0.3, -0.25) is 0 Å². The third-order valence-corrected chi connectivity index (χ3v) is 10.3.